The minimum Gasteiger partial charge on any atom is -0.489 e. The normalized spacial score (nSPS) is 12.3. The third kappa shape index (κ3) is 9.57. The predicted molar refractivity (Wildman–Crippen MR) is 161 cm³/mol. The van der Waals surface area contributed by atoms with Crippen LogP contribution in [-0.2, 0) is 25.5 Å². The van der Waals surface area contributed by atoms with Gasteiger partial charge in [0.25, 0.3) is 5.95 Å². The lowest BCUT2D eigenvalue weighted by molar-refractivity contribution is -0.141. The van der Waals surface area contributed by atoms with Crippen LogP contribution in [0.15, 0.2) is 83.9 Å². The van der Waals surface area contributed by atoms with Gasteiger partial charge in [0, 0.05) is 29.5 Å². The van der Waals surface area contributed by atoms with Crippen LogP contribution in [0.2, 0.25) is 0 Å². The van der Waals surface area contributed by atoms with E-state index in [1.165, 1.54) is 0 Å². The number of halogens is 6. The highest BCUT2D eigenvalue weighted by molar-refractivity contribution is 5.93. The molecule has 1 aromatic heterocycles. The lowest BCUT2D eigenvalue weighted by Gasteiger charge is -2.21. The van der Waals surface area contributed by atoms with Gasteiger partial charge in [0.1, 0.15) is 18.2 Å². The summed E-state index contributed by atoms with van der Waals surface area (Å²) in [6, 6.07) is 19.4. The van der Waals surface area contributed by atoms with Gasteiger partial charge >= 0.3 is 12.4 Å². The Morgan fingerprint density at radius 1 is 0.844 bits per heavy atom. The van der Waals surface area contributed by atoms with Crippen molar-refractivity contribution in [2.75, 3.05) is 23.7 Å². The maximum atomic E-state index is 13.7. The molecular weight excluding hydrogens is 600 g/mol. The summed E-state index contributed by atoms with van der Waals surface area (Å²) in [6.07, 6.45) is -9.36. The van der Waals surface area contributed by atoms with E-state index >= 15 is 0 Å². The van der Waals surface area contributed by atoms with Crippen LogP contribution < -0.4 is 21.1 Å². The van der Waals surface area contributed by atoms with Crippen molar-refractivity contribution >= 4 is 29.1 Å². The zero-order valence-corrected chi connectivity index (χ0v) is 24.4. The predicted octanol–water partition coefficient (Wildman–Crippen LogP) is 7.74. The van der Waals surface area contributed by atoms with Gasteiger partial charge < -0.3 is 21.1 Å². The number of nitrogens with two attached hydrogens (primary N) is 1. The number of guanidine groups is 1. The Balaban J connectivity index is 1.60. The van der Waals surface area contributed by atoms with Crippen molar-refractivity contribution < 1.29 is 31.1 Å². The van der Waals surface area contributed by atoms with Crippen LogP contribution in [-0.4, -0.2) is 33.9 Å². The van der Waals surface area contributed by atoms with E-state index in [1.807, 2.05) is 44.2 Å². The summed E-state index contributed by atoms with van der Waals surface area (Å²) in [5.74, 6) is -0.621. The van der Waals surface area contributed by atoms with Gasteiger partial charge in [-0.3, -0.25) is 4.90 Å². The summed E-state index contributed by atoms with van der Waals surface area (Å²) in [5.41, 5.74) is 6.04. The summed E-state index contributed by atoms with van der Waals surface area (Å²) < 4.78 is 85.8. The number of aliphatic imine (C=N–C) groups is 1. The molecule has 14 heteroatoms. The molecule has 4 rings (SSSR count). The smallest absolute Gasteiger partial charge is 0.433 e. The number of hydrogen-bond acceptors (Lipinski definition) is 6. The highest BCUT2D eigenvalue weighted by Gasteiger charge is 2.34. The summed E-state index contributed by atoms with van der Waals surface area (Å²) >= 11 is 0. The van der Waals surface area contributed by atoms with Gasteiger partial charge in [-0.25, -0.2) is 4.98 Å². The molecule has 45 heavy (non-hydrogen) atoms. The van der Waals surface area contributed by atoms with Gasteiger partial charge in [-0.05, 0) is 61.1 Å². The lowest BCUT2D eigenvalue weighted by atomic mass is 10.1. The number of ether oxygens (including phenoxy) is 1. The number of benzene rings is 3. The maximum absolute atomic E-state index is 13.7. The molecule has 0 saturated carbocycles. The molecule has 0 aliphatic rings. The fourth-order valence-corrected chi connectivity index (χ4v) is 4.21. The number of hydrogen-bond donors (Lipinski definition) is 3. The minimum atomic E-state index is -4.83. The summed E-state index contributed by atoms with van der Waals surface area (Å²) in [6.45, 7) is 6.47. The van der Waals surface area contributed by atoms with Gasteiger partial charge in [0.15, 0.2) is 5.69 Å². The molecule has 0 bridgehead atoms. The van der Waals surface area contributed by atoms with E-state index in [4.69, 9.17) is 10.5 Å². The average molecular weight is 632 g/mol. The fourth-order valence-electron chi connectivity index (χ4n) is 4.21. The quantitative estimate of drug-likeness (QED) is 0.0885. The summed E-state index contributed by atoms with van der Waals surface area (Å²) in [4.78, 5) is 13.5. The Kier molecular flexibility index (Phi) is 10.5. The van der Waals surface area contributed by atoms with Crippen LogP contribution in [0, 0.1) is 0 Å². The van der Waals surface area contributed by atoms with Crippen LogP contribution in [0.5, 0.6) is 5.75 Å². The van der Waals surface area contributed by atoms with Crippen molar-refractivity contribution in [1.82, 2.24) is 14.9 Å². The molecule has 0 radical (unpaired) electrons. The van der Waals surface area contributed by atoms with Crippen molar-refractivity contribution in [2.24, 2.45) is 10.7 Å². The first kappa shape index (κ1) is 33.1. The number of nitrogens with zero attached hydrogens (tertiary/aromatic N) is 4. The van der Waals surface area contributed by atoms with Crippen molar-refractivity contribution in [3.05, 3.63) is 101 Å². The van der Waals surface area contributed by atoms with Crippen LogP contribution in [0.25, 0.3) is 0 Å². The molecule has 238 valence electrons. The van der Waals surface area contributed by atoms with Crippen LogP contribution in [0.1, 0.15) is 36.2 Å². The third-order valence-electron chi connectivity index (χ3n) is 6.57. The Morgan fingerprint density at radius 2 is 1.51 bits per heavy atom. The molecule has 0 aliphatic heterocycles. The number of rotatable bonds is 11. The molecule has 8 nitrogen and oxygen atoms in total. The highest BCUT2D eigenvalue weighted by Crippen LogP contribution is 2.33. The van der Waals surface area contributed by atoms with Gasteiger partial charge in [0.2, 0.25) is 5.96 Å². The van der Waals surface area contributed by atoms with Gasteiger partial charge in [-0.1, -0.05) is 44.2 Å². The molecule has 1 heterocycles. The molecule has 0 spiro atoms. The Hall–Kier alpha value is -4.85. The number of nitrogens with one attached hydrogen (secondary N) is 2. The molecule has 0 unspecified atom stereocenters. The van der Waals surface area contributed by atoms with E-state index in [1.54, 1.807) is 18.2 Å². The first-order valence-electron chi connectivity index (χ1n) is 13.9. The van der Waals surface area contributed by atoms with Crippen LogP contribution >= 0.6 is 0 Å². The molecule has 3 aromatic carbocycles. The number of alkyl halides is 6. The van der Waals surface area contributed by atoms with Crippen molar-refractivity contribution in [3.63, 3.8) is 0 Å². The summed E-state index contributed by atoms with van der Waals surface area (Å²) in [5, 5.41) is 5.41. The van der Waals surface area contributed by atoms with Crippen molar-refractivity contribution in [2.45, 2.75) is 39.4 Å². The zero-order valence-electron chi connectivity index (χ0n) is 24.4. The molecular formula is C31H31F6N7O. The van der Waals surface area contributed by atoms with E-state index in [-0.39, 0.29) is 11.5 Å². The zero-order chi connectivity index (χ0) is 32.6. The van der Waals surface area contributed by atoms with Gasteiger partial charge in [0.05, 0.1) is 5.56 Å². The standard InChI is InChI=1S/C31H31F6N7O/c1-3-44(4-2)18-21-16-24(14-15-25(21)45-19-20-8-6-5-7-9-20)39-27-17-26(31(35,36)37)41-29(42-27)43-28(38)40-23-12-10-22(11-13-23)30(32,33)34/h5-17H,3-4,18-19H2,1-2H3,(H4,38,39,40,41,42,43). The first-order chi connectivity index (χ1) is 21.3. The summed E-state index contributed by atoms with van der Waals surface area (Å²) in [7, 11) is 0. The second-order valence-electron chi connectivity index (χ2n) is 9.82. The fraction of sp³-hybridized carbons (Fsp3) is 0.258. The van der Waals surface area contributed by atoms with Crippen LogP contribution in [0.3, 0.4) is 0 Å². The van der Waals surface area contributed by atoms with Gasteiger partial charge in [-0.2, -0.15) is 36.3 Å². The minimum absolute atomic E-state index is 0.130. The average Bonchev–Trinajstić information content (AvgIpc) is 2.99. The Labute approximate surface area is 256 Å². The number of anilines is 3. The molecule has 0 fully saturated rings. The van der Waals surface area contributed by atoms with E-state index in [0.29, 0.717) is 24.6 Å². The van der Waals surface area contributed by atoms with E-state index in [0.717, 1.165) is 54.5 Å². The third-order valence-corrected chi connectivity index (χ3v) is 6.57. The Morgan fingerprint density at radius 3 is 2.13 bits per heavy atom. The first-order valence-corrected chi connectivity index (χ1v) is 13.9. The SMILES string of the molecule is CCN(CC)Cc1cc(Nc2cc(C(F)(F)F)nc(/N=C(\N)Nc3ccc(C(F)(F)F)cc3)n2)ccc1OCc1ccccc1. The Bertz CT molecular complexity index is 1590. The second kappa shape index (κ2) is 14.3. The lowest BCUT2D eigenvalue weighted by Crippen LogP contribution is -2.22. The maximum Gasteiger partial charge on any atom is 0.433 e. The van der Waals surface area contributed by atoms with Crippen molar-refractivity contribution in [3.8, 4) is 5.75 Å². The molecule has 0 saturated heterocycles. The van der Waals surface area contributed by atoms with Crippen molar-refractivity contribution in [1.29, 1.82) is 0 Å². The van der Waals surface area contributed by atoms with E-state index in [9.17, 15) is 26.3 Å². The van der Waals surface area contributed by atoms with E-state index in [2.05, 4.69) is 30.5 Å². The topological polar surface area (TPSA) is 101 Å². The largest absolute Gasteiger partial charge is 0.489 e. The molecule has 4 aromatic rings. The molecule has 0 amide bonds. The second-order valence-corrected chi connectivity index (χ2v) is 9.82. The molecule has 4 N–H and O–H groups in total. The monoisotopic (exact) mass is 631 g/mol. The van der Waals surface area contributed by atoms with Gasteiger partial charge in [-0.15, -0.1) is 0 Å². The number of aromatic nitrogens is 2. The molecule has 0 atom stereocenters. The van der Waals surface area contributed by atoms with Crippen LogP contribution in [0.4, 0.5) is 49.5 Å². The highest BCUT2D eigenvalue weighted by atomic mass is 19.4. The molecule has 0 aliphatic carbocycles. The van der Waals surface area contributed by atoms with E-state index < -0.39 is 35.5 Å².